The number of nitrogens with one attached hydrogen (secondary N) is 1. The van der Waals surface area contributed by atoms with Gasteiger partial charge in [0.2, 0.25) is 11.2 Å². The third-order valence-corrected chi connectivity index (χ3v) is 8.39. The smallest absolute Gasteiger partial charge is 0.416 e. The lowest BCUT2D eigenvalue weighted by Crippen LogP contribution is -2.60. The third-order valence-electron chi connectivity index (χ3n) is 8.22. The number of rotatable bonds is 6. The van der Waals surface area contributed by atoms with Crippen molar-refractivity contribution in [2.24, 2.45) is 17.3 Å². The Morgan fingerprint density at radius 2 is 1.87 bits per heavy atom. The van der Waals surface area contributed by atoms with Crippen molar-refractivity contribution in [2.75, 3.05) is 5.32 Å². The van der Waals surface area contributed by atoms with E-state index in [-0.39, 0.29) is 39.6 Å². The Labute approximate surface area is 225 Å². The van der Waals surface area contributed by atoms with Crippen LogP contribution in [0.5, 0.6) is 11.5 Å². The second-order valence-corrected chi connectivity index (χ2v) is 11.3. The summed E-state index contributed by atoms with van der Waals surface area (Å²) in [6.45, 7) is 0. The van der Waals surface area contributed by atoms with E-state index in [1.165, 1.54) is 24.3 Å². The van der Waals surface area contributed by atoms with Crippen LogP contribution >= 0.6 is 11.6 Å². The van der Waals surface area contributed by atoms with Gasteiger partial charge in [-0.05, 0) is 80.2 Å². The minimum atomic E-state index is -4.58. The summed E-state index contributed by atoms with van der Waals surface area (Å²) in [4.78, 5) is 28.9. The van der Waals surface area contributed by atoms with Crippen molar-refractivity contribution in [3.63, 3.8) is 0 Å². The lowest BCUT2D eigenvalue weighted by Gasteiger charge is -2.60. The maximum absolute atomic E-state index is 13.8. The molecular formula is C26H23ClF3N5O4. The standard InChI is InChI=1S/C26H23ClF3N5O4/c27-23-31-14-34(33-23)25-11-15-4-16(12-25)10-24(9-15,13-25)22(36)32-18-6-19(35(37)38)8-21(7-18)39-20-3-1-2-17(5-20)26(28,29)30/h1-3,5-8,14-16H,4,9-13H2,(H,32,36)/t15-,16+,24?,25?. The number of nitrogens with zero attached hydrogens (tertiary/aromatic N) is 4. The highest BCUT2D eigenvalue weighted by Crippen LogP contribution is 2.64. The van der Waals surface area contributed by atoms with E-state index in [0.29, 0.717) is 31.1 Å². The molecule has 0 spiro atoms. The van der Waals surface area contributed by atoms with Crippen LogP contribution in [-0.4, -0.2) is 25.6 Å². The minimum absolute atomic E-state index is 0.0712. The maximum atomic E-state index is 13.8. The number of hydrogen-bond donors (Lipinski definition) is 1. The molecule has 204 valence electrons. The van der Waals surface area contributed by atoms with Crippen LogP contribution in [0.1, 0.15) is 44.1 Å². The Morgan fingerprint density at radius 1 is 1.13 bits per heavy atom. The zero-order chi connectivity index (χ0) is 27.6. The summed E-state index contributed by atoms with van der Waals surface area (Å²) >= 11 is 6.00. The third kappa shape index (κ3) is 4.70. The molecular weight excluding hydrogens is 539 g/mol. The molecule has 3 aromatic rings. The van der Waals surface area contributed by atoms with Gasteiger partial charge in [0.15, 0.2) is 0 Å². The number of nitro benzene ring substituents is 1. The summed E-state index contributed by atoms with van der Waals surface area (Å²) in [5, 5.41) is 19.0. The molecule has 4 atom stereocenters. The first-order chi connectivity index (χ1) is 18.4. The predicted octanol–water partition coefficient (Wildman–Crippen LogP) is 6.59. The number of hydrogen-bond acceptors (Lipinski definition) is 6. The van der Waals surface area contributed by atoms with Crippen LogP contribution in [0.15, 0.2) is 48.8 Å². The van der Waals surface area contributed by atoms with E-state index in [9.17, 15) is 28.1 Å². The molecule has 4 bridgehead atoms. The fraction of sp³-hybridized carbons (Fsp3) is 0.423. The Balaban J connectivity index is 1.28. The molecule has 1 N–H and O–H groups in total. The SMILES string of the molecule is O=C(Nc1cc(Oc2cccc(C(F)(F)F)c2)cc([N+](=O)[O-])c1)C12C[C@H]3C[C@@H](C1)CC(n1cnc(Cl)n1)(C3)C2. The molecule has 0 saturated heterocycles. The zero-order valence-corrected chi connectivity index (χ0v) is 21.2. The first-order valence-electron chi connectivity index (χ1n) is 12.5. The van der Waals surface area contributed by atoms with Gasteiger partial charge in [0.05, 0.1) is 33.2 Å². The van der Waals surface area contributed by atoms with Crippen LogP contribution in [0.25, 0.3) is 0 Å². The molecule has 0 radical (unpaired) electrons. The maximum Gasteiger partial charge on any atom is 0.416 e. The van der Waals surface area contributed by atoms with Gasteiger partial charge in [-0.2, -0.15) is 13.2 Å². The molecule has 1 aromatic heterocycles. The summed E-state index contributed by atoms with van der Waals surface area (Å²) in [7, 11) is 0. The van der Waals surface area contributed by atoms with Crippen LogP contribution in [-0.2, 0) is 16.5 Å². The highest BCUT2D eigenvalue weighted by Gasteiger charge is 2.61. The quantitative estimate of drug-likeness (QED) is 0.268. The number of carbonyl (C=O) groups is 1. The molecule has 4 aliphatic carbocycles. The Hall–Kier alpha value is -3.67. The molecule has 4 saturated carbocycles. The fourth-order valence-electron chi connectivity index (χ4n) is 7.17. The number of carbonyl (C=O) groups excluding carboxylic acids is 1. The molecule has 1 heterocycles. The van der Waals surface area contributed by atoms with Crippen molar-refractivity contribution >= 4 is 28.9 Å². The second-order valence-electron chi connectivity index (χ2n) is 11.0. The molecule has 9 nitrogen and oxygen atoms in total. The molecule has 7 rings (SSSR count). The summed E-state index contributed by atoms with van der Waals surface area (Å²) in [5.74, 6) is 0.183. The van der Waals surface area contributed by atoms with Gasteiger partial charge in [-0.3, -0.25) is 14.9 Å². The average Bonchev–Trinajstić information content (AvgIpc) is 3.30. The van der Waals surface area contributed by atoms with Gasteiger partial charge >= 0.3 is 6.18 Å². The van der Waals surface area contributed by atoms with Crippen LogP contribution in [0.4, 0.5) is 24.5 Å². The fourth-order valence-corrected chi connectivity index (χ4v) is 7.30. The van der Waals surface area contributed by atoms with Gasteiger partial charge in [0, 0.05) is 12.1 Å². The van der Waals surface area contributed by atoms with Gasteiger partial charge in [0.1, 0.15) is 17.8 Å². The van der Waals surface area contributed by atoms with Crippen molar-refractivity contribution in [3.05, 3.63) is 69.8 Å². The van der Waals surface area contributed by atoms with Gasteiger partial charge in [-0.25, -0.2) is 9.67 Å². The van der Waals surface area contributed by atoms with Crippen LogP contribution in [0.3, 0.4) is 0 Å². The highest BCUT2D eigenvalue weighted by molar-refractivity contribution is 6.28. The number of amides is 1. The molecule has 4 aliphatic rings. The summed E-state index contributed by atoms with van der Waals surface area (Å²) < 4.78 is 46.7. The predicted molar refractivity (Wildman–Crippen MR) is 133 cm³/mol. The van der Waals surface area contributed by atoms with Crippen molar-refractivity contribution in [1.82, 2.24) is 14.8 Å². The first kappa shape index (κ1) is 25.6. The van der Waals surface area contributed by atoms with Crippen molar-refractivity contribution in [2.45, 2.75) is 50.2 Å². The number of nitro groups is 1. The Morgan fingerprint density at radius 3 is 2.51 bits per heavy atom. The topological polar surface area (TPSA) is 112 Å². The van der Waals surface area contributed by atoms with E-state index in [1.807, 2.05) is 0 Å². The number of anilines is 1. The summed E-state index contributed by atoms with van der Waals surface area (Å²) in [6.07, 6.45) is 1.76. The van der Waals surface area contributed by atoms with E-state index in [4.69, 9.17) is 16.3 Å². The lowest BCUT2D eigenvalue weighted by atomic mass is 9.46. The number of ether oxygens (including phenoxy) is 1. The van der Waals surface area contributed by atoms with E-state index >= 15 is 0 Å². The van der Waals surface area contributed by atoms with Crippen molar-refractivity contribution in [3.8, 4) is 11.5 Å². The molecule has 2 unspecified atom stereocenters. The van der Waals surface area contributed by atoms with Crippen molar-refractivity contribution < 1.29 is 27.6 Å². The molecule has 4 fully saturated rings. The van der Waals surface area contributed by atoms with E-state index in [2.05, 4.69) is 15.4 Å². The van der Waals surface area contributed by atoms with Gasteiger partial charge in [0.25, 0.3) is 5.69 Å². The van der Waals surface area contributed by atoms with Gasteiger partial charge < -0.3 is 10.1 Å². The molecule has 39 heavy (non-hydrogen) atoms. The average molecular weight is 562 g/mol. The highest BCUT2D eigenvalue weighted by atomic mass is 35.5. The Bertz CT molecular complexity index is 1460. The molecule has 0 aliphatic heterocycles. The Kier molecular flexibility index (Phi) is 5.87. The number of halogens is 4. The minimum Gasteiger partial charge on any atom is -0.457 e. The van der Waals surface area contributed by atoms with Crippen LogP contribution in [0, 0.1) is 27.4 Å². The van der Waals surface area contributed by atoms with Crippen LogP contribution < -0.4 is 10.1 Å². The number of non-ortho nitro benzene ring substituents is 1. The molecule has 13 heteroatoms. The van der Waals surface area contributed by atoms with E-state index in [0.717, 1.165) is 37.5 Å². The molecule has 2 aromatic carbocycles. The van der Waals surface area contributed by atoms with Gasteiger partial charge in [-0.1, -0.05) is 6.07 Å². The first-order valence-corrected chi connectivity index (χ1v) is 12.8. The second kappa shape index (κ2) is 8.94. The number of aromatic nitrogens is 3. The zero-order valence-electron chi connectivity index (χ0n) is 20.4. The largest absolute Gasteiger partial charge is 0.457 e. The number of benzene rings is 2. The lowest BCUT2D eigenvalue weighted by molar-refractivity contribution is -0.384. The van der Waals surface area contributed by atoms with E-state index in [1.54, 1.807) is 11.0 Å². The van der Waals surface area contributed by atoms with E-state index < -0.39 is 22.1 Å². The normalized spacial score (nSPS) is 27.4. The summed E-state index contributed by atoms with van der Waals surface area (Å²) in [5.41, 5.74) is -2.22. The van der Waals surface area contributed by atoms with Crippen molar-refractivity contribution in [1.29, 1.82) is 0 Å². The summed E-state index contributed by atoms with van der Waals surface area (Å²) in [6, 6.07) is 7.90. The van der Waals surface area contributed by atoms with Gasteiger partial charge in [-0.15, -0.1) is 5.10 Å². The monoisotopic (exact) mass is 561 g/mol. The number of alkyl halides is 3. The molecule has 1 amide bonds. The van der Waals surface area contributed by atoms with Crippen LogP contribution in [0.2, 0.25) is 5.28 Å².